The molecule has 1 aliphatic heterocycles. The molecule has 0 saturated carbocycles. The summed E-state index contributed by atoms with van der Waals surface area (Å²) in [6, 6.07) is 6.06. The summed E-state index contributed by atoms with van der Waals surface area (Å²) >= 11 is 5.99. The fourth-order valence-electron chi connectivity index (χ4n) is 3.76. The number of benzene rings is 1. The first kappa shape index (κ1) is 22.7. The van der Waals surface area contributed by atoms with E-state index in [0.717, 1.165) is 6.07 Å². The molecule has 9 nitrogen and oxygen atoms in total. The molecular formula is C21H22ClF2N7O2. The number of carbonyl (C=O) groups is 1. The van der Waals surface area contributed by atoms with Gasteiger partial charge in [-0.3, -0.25) is 10.2 Å². The molecule has 3 heterocycles. The second kappa shape index (κ2) is 9.57. The molecule has 1 aliphatic rings. The zero-order valence-corrected chi connectivity index (χ0v) is 18.4. The molecule has 4 rings (SSSR count). The Balaban J connectivity index is 1.44. The Morgan fingerprint density at radius 3 is 2.73 bits per heavy atom. The van der Waals surface area contributed by atoms with Gasteiger partial charge in [0.1, 0.15) is 42.9 Å². The number of rotatable bonds is 7. The molecule has 1 aromatic carbocycles. The molecule has 3 N–H and O–H groups in total. The van der Waals surface area contributed by atoms with Gasteiger partial charge in [0.25, 0.3) is 0 Å². The highest BCUT2D eigenvalue weighted by atomic mass is 35.5. The monoisotopic (exact) mass is 477 g/mol. The minimum absolute atomic E-state index is 0.0582. The maximum absolute atomic E-state index is 14.5. The summed E-state index contributed by atoms with van der Waals surface area (Å²) in [6.07, 6.45) is 1.58. The Morgan fingerprint density at radius 1 is 1.27 bits per heavy atom. The highest BCUT2D eigenvalue weighted by molar-refractivity contribution is 6.32. The van der Waals surface area contributed by atoms with Crippen LogP contribution in [0.25, 0.3) is 11.0 Å². The molecule has 2 aromatic heterocycles. The number of halogens is 3. The molecule has 0 radical (unpaired) electrons. The zero-order chi connectivity index (χ0) is 23.5. The lowest BCUT2D eigenvalue weighted by atomic mass is 10.2. The van der Waals surface area contributed by atoms with Crippen LogP contribution in [0.4, 0.5) is 14.5 Å². The number of nitrogen functional groups attached to an aromatic ring is 1. The van der Waals surface area contributed by atoms with E-state index in [-0.39, 0.29) is 47.0 Å². The maximum atomic E-state index is 14.5. The number of alkyl halides is 1. The SMILES string of the molecule is N=C(N)c1nn(CC(=O)N2CCN(c3cc(OCCF)c(Cl)cc3F)CC2)c2ncccc12. The first-order chi connectivity index (χ1) is 15.9. The Morgan fingerprint density at radius 2 is 2.03 bits per heavy atom. The van der Waals surface area contributed by atoms with Crippen molar-refractivity contribution in [1.82, 2.24) is 19.7 Å². The van der Waals surface area contributed by atoms with Gasteiger partial charge >= 0.3 is 0 Å². The Hall–Kier alpha value is -3.47. The van der Waals surface area contributed by atoms with E-state index in [0.29, 0.717) is 37.2 Å². The number of amides is 1. The average molecular weight is 478 g/mol. The smallest absolute Gasteiger partial charge is 0.244 e. The third-order valence-electron chi connectivity index (χ3n) is 5.36. The summed E-state index contributed by atoms with van der Waals surface area (Å²) < 4.78 is 33.6. The zero-order valence-electron chi connectivity index (χ0n) is 17.6. The maximum Gasteiger partial charge on any atom is 0.244 e. The van der Waals surface area contributed by atoms with E-state index in [1.54, 1.807) is 28.1 Å². The van der Waals surface area contributed by atoms with Crippen molar-refractivity contribution in [3.8, 4) is 5.75 Å². The number of nitrogens with one attached hydrogen (secondary N) is 1. The summed E-state index contributed by atoms with van der Waals surface area (Å²) in [5.74, 6) is -0.683. The third kappa shape index (κ3) is 4.68. The molecule has 1 fully saturated rings. The van der Waals surface area contributed by atoms with Gasteiger partial charge < -0.3 is 20.3 Å². The third-order valence-corrected chi connectivity index (χ3v) is 5.65. The normalized spacial score (nSPS) is 14.0. The van der Waals surface area contributed by atoms with Crippen molar-refractivity contribution in [2.75, 3.05) is 44.4 Å². The standard InChI is InChI=1S/C21H22ClF2N7O2/c22-14-10-15(24)16(11-17(14)33-9-3-23)29-5-7-30(8-6-29)18(32)12-31-21-13(2-1-4-27-21)19(28-31)20(25)26/h1-2,4,10-11H,3,5-9,12H2,(H3,25,26). The van der Waals surface area contributed by atoms with Crippen LogP contribution >= 0.6 is 11.6 Å². The van der Waals surface area contributed by atoms with Gasteiger partial charge in [0.2, 0.25) is 5.91 Å². The number of fused-ring (bicyclic) bond motifs is 1. The molecule has 12 heteroatoms. The van der Waals surface area contributed by atoms with Crippen LogP contribution in [-0.2, 0) is 11.3 Å². The van der Waals surface area contributed by atoms with Crippen molar-refractivity contribution in [3.05, 3.63) is 47.0 Å². The summed E-state index contributed by atoms with van der Waals surface area (Å²) in [7, 11) is 0. The van der Waals surface area contributed by atoms with Gasteiger partial charge in [-0.1, -0.05) is 11.6 Å². The second-order valence-corrected chi connectivity index (χ2v) is 7.84. The van der Waals surface area contributed by atoms with Crippen LogP contribution in [0, 0.1) is 11.2 Å². The highest BCUT2D eigenvalue weighted by Crippen LogP contribution is 2.33. The molecule has 1 amide bonds. The van der Waals surface area contributed by atoms with Crippen LogP contribution < -0.4 is 15.4 Å². The van der Waals surface area contributed by atoms with Crippen LogP contribution in [0.1, 0.15) is 5.69 Å². The number of carbonyl (C=O) groups excluding carboxylic acids is 1. The van der Waals surface area contributed by atoms with Crippen molar-refractivity contribution < 1.29 is 18.3 Å². The number of ether oxygens (including phenoxy) is 1. The topological polar surface area (TPSA) is 113 Å². The first-order valence-electron chi connectivity index (χ1n) is 10.3. The molecule has 0 unspecified atom stereocenters. The van der Waals surface area contributed by atoms with Gasteiger partial charge in [0.15, 0.2) is 5.65 Å². The molecule has 1 saturated heterocycles. The Bertz CT molecular complexity index is 1190. The van der Waals surface area contributed by atoms with Gasteiger partial charge in [0, 0.05) is 38.4 Å². The minimum Gasteiger partial charge on any atom is -0.489 e. The lowest BCUT2D eigenvalue weighted by Crippen LogP contribution is -2.50. The second-order valence-electron chi connectivity index (χ2n) is 7.43. The first-order valence-corrected chi connectivity index (χ1v) is 10.6. The van der Waals surface area contributed by atoms with Gasteiger partial charge in [-0.05, 0) is 18.2 Å². The molecule has 0 bridgehead atoms. The summed E-state index contributed by atoms with van der Waals surface area (Å²) in [5.41, 5.74) is 6.64. The fourth-order valence-corrected chi connectivity index (χ4v) is 3.97. The van der Waals surface area contributed by atoms with Crippen LogP contribution in [-0.4, -0.2) is 70.9 Å². The van der Waals surface area contributed by atoms with Gasteiger partial charge in [-0.15, -0.1) is 0 Å². The Labute approximate surface area is 193 Å². The van der Waals surface area contributed by atoms with Crippen molar-refractivity contribution in [1.29, 1.82) is 5.41 Å². The predicted octanol–water partition coefficient (Wildman–Crippen LogP) is 2.20. The van der Waals surface area contributed by atoms with E-state index in [9.17, 15) is 13.6 Å². The van der Waals surface area contributed by atoms with Crippen LogP contribution in [0.2, 0.25) is 5.02 Å². The molecule has 0 aliphatic carbocycles. The number of hydrogen-bond acceptors (Lipinski definition) is 6. The van der Waals surface area contributed by atoms with Gasteiger partial charge in [0.05, 0.1) is 16.1 Å². The summed E-state index contributed by atoms with van der Waals surface area (Å²) in [5, 5.41) is 12.7. The minimum atomic E-state index is -0.682. The number of amidine groups is 1. The van der Waals surface area contributed by atoms with E-state index >= 15 is 0 Å². The summed E-state index contributed by atoms with van der Waals surface area (Å²) in [6.45, 7) is 0.611. The molecule has 0 spiro atoms. The quantitative estimate of drug-likeness (QED) is 0.398. The molecule has 0 atom stereocenters. The van der Waals surface area contributed by atoms with Crippen molar-refractivity contribution in [3.63, 3.8) is 0 Å². The number of nitrogens with zero attached hydrogens (tertiary/aromatic N) is 5. The fraction of sp³-hybridized carbons (Fsp3) is 0.333. The predicted molar refractivity (Wildman–Crippen MR) is 120 cm³/mol. The number of aromatic nitrogens is 3. The van der Waals surface area contributed by atoms with E-state index < -0.39 is 12.5 Å². The van der Waals surface area contributed by atoms with Crippen molar-refractivity contribution in [2.24, 2.45) is 5.73 Å². The van der Waals surface area contributed by atoms with E-state index in [1.165, 1.54) is 10.7 Å². The lowest BCUT2D eigenvalue weighted by molar-refractivity contribution is -0.132. The number of piperazine rings is 1. The van der Waals surface area contributed by atoms with Crippen LogP contribution in [0.5, 0.6) is 5.75 Å². The van der Waals surface area contributed by atoms with Gasteiger partial charge in [-0.25, -0.2) is 18.4 Å². The molecule has 174 valence electrons. The Kier molecular flexibility index (Phi) is 6.59. The van der Waals surface area contributed by atoms with E-state index in [2.05, 4.69) is 10.1 Å². The number of nitrogens with two attached hydrogens (primary N) is 1. The number of pyridine rings is 1. The lowest BCUT2D eigenvalue weighted by Gasteiger charge is -2.36. The summed E-state index contributed by atoms with van der Waals surface area (Å²) in [4.78, 5) is 20.6. The molecular weight excluding hydrogens is 456 g/mol. The van der Waals surface area contributed by atoms with Crippen molar-refractivity contribution in [2.45, 2.75) is 6.54 Å². The number of hydrogen-bond donors (Lipinski definition) is 2. The molecule has 33 heavy (non-hydrogen) atoms. The molecule has 3 aromatic rings. The van der Waals surface area contributed by atoms with Crippen molar-refractivity contribution >= 4 is 40.1 Å². The average Bonchev–Trinajstić information content (AvgIpc) is 3.17. The van der Waals surface area contributed by atoms with Crippen LogP contribution in [0.3, 0.4) is 0 Å². The largest absolute Gasteiger partial charge is 0.489 e. The highest BCUT2D eigenvalue weighted by Gasteiger charge is 2.25. The number of anilines is 1. The van der Waals surface area contributed by atoms with E-state index in [4.69, 9.17) is 27.5 Å². The van der Waals surface area contributed by atoms with E-state index in [1.807, 2.05) is 0 Å². The van der Waals surface area contributed by atoms with Gasteiger partial charge in [-0.2, -0.15) is 5.10 Å². The van der Waals surface area contributed by atoms with Crippen LogP contribution in [0.15, 0.2) is 30.5 Å².